The van der Waals surface area contributed by atoms with E-state index in [2.05, 4.69) is 10.2 Å². The summed E-state index contributed by atoms with van der Waals surface area (Å²) in [4.78, 5) is 29.7. The summed E-state index contributed by atoms with van der Waals surface area (Å²) in [6.45, 7) is 3.98. The summed E-state index contributed by atoms with van der Waals surface area (Å²) < 4.78 is 33.6. The number of methoxy groups -OCH3 is 1. The third-order valence-corrected chi connectivity index (χ3v) is 8.71. The Labute approximate surface area is 213 Å². The molecule has 0 atom stereocenters. The second-order valence-electron chi connectivity index (χ2n) is 9.31. The molecule has 36 heavy (non-hydrogen) atoms. The van der Waals surface area contributed by atoms with E-state index in [9.17, 15) is 18.0 Å². The molecule has 0 unspecified atom stereocenters. The van der Waals surface area contributed by atoms with Crippen LogP contribution in [0.25, 0.3) is 0 Å². The van der Waals surface area contributed by atoms with Crippen LogP contribution in [0.3, 0.4) is 0 Å². The first-order chi connectivity index (χ1) is 17.3. The van der Waals surface area contributed by atoms with Gasteiger partial charge in [0.25, 0.3) is 11.8 Å². The van der Waals surface area contributed by atoms with Crippen molar-refractivity contribution in [2.45, 2.75) is 30.6 Å². The molecule has 0 spiro atoms. The van der Waals surface area contributed by atoms with Gasteiger partial charge in [0.1, 0.15) is 10.6 Å². The highest BCUT2D eigenvalue weighted by Gasteiger charge is 2.29. The summed E-state index contributed by atoms with van der Waals surface area (Å²) in [5, 5.41) is 2.80. The molecule has 0 aliphatic carbocycles. The number of anilines is 1. The van der Waals surface area contributed by atoms with Crippen molar-refractivity contribution >= 4 is 27.5 Å². The van der Waals surface area contributed by atoms with Crippen LogP contribution in [0.1, 0.15) is 46.4 Å². The molecule has 2 aromatic rings. The SMILES string of the molecule is COc1ccc(C(=O)Nc2ccc(C(=O)N3CCN(C)CC3)cc2)cc1S(=O)(=O)N1CCCCCC1. The highest BCUT2D eigenvalue weighted by atomic mass is 32.2. The van der Waals surface area contributed by atoms with E-state index < -0.39 is 15.9 Å². The first-order valence-corrected chi connectivity index (χ1v) is 13.8. The minimum absolute atomic E-state index is 0.00679. The van der Waals surface area contributed by atoms with E-state index in [1.807, 2.05) is 11.9 Å². The average molecular weight is 515 g/mol. The van der Waals surface area contributed by atoms with Crippen molar-refractivity contribution in [1.29, 1.82) is 0 Å². The maximum absolute atomic E-state index is 13.4. The number of nitrogens with one attached hydrogen (secondary N) is 1. The molecule has 2 heterocycles. The van der Waals surface area contributed by atoms with Crippen molar-refractivity contribution in [3.8, 4) is 5.75 Å². The number of amides is 2. The first-order valence-electron chi connectivity index (χ1n) is 12.4. The van der Waals surface area contributed by atoms with E-state index in [0.29, 0.717) is 37.4 Å². The highest BCUT2D eigenvalue weighted by molar-refractivity contribution is 7.89. The number of piperazine rings is 1. The molecule has 2 aromatic carbocycles. The van der Waals surface area contributed by atoms with Gasteiger partial charge in [-0.05, 0) is 62.4 Å². The van der Waals surface area contributed by atoms with Crippen molar-refractivity contribution in [2.75, 3.05) is 58.7 Å². The molecule has 1 N–H and O–H groups in total. The molecule has 2 saturated heterocycles. The Balaban J connectivity index is 1.48. The summed E-state index contributed by atoms with van der Waals surface area (Å²) >= 11 is 0. The van der Waals surface area contributed by atoms with Gasteiger partial charge in [0, 0.05) is 56.1 Å². The number of benzene rings is 2. The normalized spacial score (nSPS) is 17.9. The van der Waals surface area contributed by atoms with Crippen molar-refractivity contribution < 1.29 is 22.7 Å². The second-order valence-corrected chi connectivity index (χ2v) is 11.2. The van der Waals surface area contributed by atoms with Gasteiger partial charge in [-0.15, -0.1) is 0 Å². The van der Waals surface area contributed by atoms with Crippen LogP contribution in [0.5, 0.6) is 5.75 Å². The zero-order valence-corrected chi connectivity index (χ0v) is 21.7. The van der Waals surface area contributed by atoms with E-state index in [-0.39, 0.29) is 22.1 Å². The molecule has 2 fully saturated rings. The van der Waals surface area contributed by atoms with Crippen LogP contribution >= 0.6 is 0 Å². The van der Waals surface area contributed by atoms with Crippen LogP contribution in [-0.2, 0) is 10.0 Å². The molecule has 4 rings (SSSR count). The van der Waals surface area contributed by atoms with Crippen LogP contribution in [-0.4, -0.2) is 87.8 Å². The highest BCUT2D eigenvalue weighted by Crippen LogP contribution is 2.29. The monoisotopic (exact) mass is 514 g/mol. The zero-order chi connectivity index (χ0) is 25.7. The Morgan fingerprint density at radius 1 is 0.833 bits per heavy atom. The lowest BCUT2D eigenvalue weighted by molar-refractivity contribution is 0.0664. The van der Waals surface area contributed by atoms with Crippen LogP contribution in [0, 0.1) is 0 Å². The number of sulfonamides is 1. The summed E-state index contributed by atoms with van der Waals surface area (Å²) in [6, 6.07) is 11.2. The molecule has 0 saturated carbocycles. The number of ether oxygens (including phenoxy) is 1. The van der Waals surface area contributed by atoms with E-state index in [1.165, 1.54) is 23.5 Å². The lowest BCUT2D eigenvalue weighted by Gasteiger charge is -2.32. The fraction of sp³-hybridized carbons (Fsp3) is 0.462. The lowest BCUT2D eigenvalue weighted by atomic mass is 10.1. The molecule has 194 valence electrons. The first kappa shape index (κ1) is 26.1. The van der Waals surface area contributed by atoms with Gasteiger partial charge in [0.15, 0.2) is 0 Å². The third-order valence-electron chi connectivity index (χ3n) is 6.79. The number of hydrogen-bond acceptors (Lipinski definition) is 6. The molecule has 2 aliphatic heterocycles. The van der Waals surface area contributed by atoms with Gasteiger partial charge in [-0.2, -0.15) is 4.31 Å². The zero-order valence-electron chi connectivity index (χ0n) is 20.9. The van der Waals surface area contributed by atoms with E-state index in [0.717, 1.165) is 38.8 Å². The Kier molecular flexibility index (Phi) is 8.28. The number of carbonyl (C=O) groups excluding carboxylic acids is 2. The molecule has 10 heteroatoms. The predicted octanol–water partition coefficient (Wildman–Crippen LogP) is 2.90. The Morgan fingerprint density at radius 2 is 1.44 bits per heavy atom. The van der Waals surface area contributed by atoms with Gasteiger partial charge in [0.2, 0.25) is 10.0 Å². The number of carbonyl (C=O) groups is 2. The van der Waals surface area contributed by atoms with Gasteiger partial charge in [0.05, 0.1) is 7.11 Å². The Bertz CT molecular complexity index is 1180. The van der Waals surface area contributed by atoms with Crippen LogP contribution in [0.15, 0.2) is 47.4 Å². The number of rotatable bonds is 6. The fourth-order valence-electron chi connectivity index (χ4n) is 4.53. The van der Waals surface area contributed by atoms with Gasteiger partial charge in [-0.25, -0.2) is 8.42 Å². The van der Waals surface area contributed by atoms with Gasteiger partial charge >= 0.3 is 0 Å². The fourth-order valence-corrected chi connectivity index (χ4v) is 6.23. The second kappa shape index (κ2) is 11.4. The van der Waals surface area contributed by atoms with Gasteiger partial charge in [-0.1, -0.05) is 12.8 Å². The van der Waals surface area contributed by atoms with Crippen molar-refractivity contribution in [3.05, 3.63) is 53.6 Å². The molecular formula is C26H34N4O5S. The van der Waals surface area contributed by atoms with Crippen molar-refractivity contribution in [2.24, 2.45) is 0 Å². The van der Waals surface area contributed by atoms with Crippen molar-refractivity contribution in [1.82, 2.24) is 14.1 Å². The number of hydrogen-bond donors (Lipinski definition) is 1. The van der Waals surface area contributed by atoms with Crippen LogP contribution in [0.2, 0.25) is 0 Å². The lowest BCUT2D eigenvalue weighted by Crippen LogP contribution is -2.47. The molecular weight excluding hydrogens is 480 g/mol. The molecule has 0 radical (unpaired) electrons. The maximum atomic E-state index is 13.4. The number of likely N-dealkylation sites (N-methyl/N-ethyl adjacent to an activating group) is 1. The van der Waals surface area contributed by atoms with Gasteiger partial charge in [-0.3, -0.25) is 9.59 Å². The molecule has 2 amide bonds. The average Bonchev–Trinajstić information content (AvgIpc) is 3.19. The van der Waals surface area contributed by atoms with Crippen LogP contribution < -0.4 is 10.1 Å². The summed E-state index contributed by atoms with van der Waals surface area (Å²) in [6.07, 6.45) is 3.64. The Morgan fingerprint density at radius 3 is 2.06 bits per heavy atom. The van der Waals surface area contributed by atoms with Gasteiger partial charge < -0.3 is 19.9 Å². The molecule has 0 aromatic heterocycles. The summed E-state index contributed by atoms with van der Waals surface area (Å²) in [5.74, 6) is -0.259. The maximum Gasteiger partial charge on any atom is 0.255 e. The van der Waals surface area contributed by atoms with Crippen LogP contribution in [0.4, 0.5) is 5.69 Å². The minimum Gasteiger partial charge on any atom is -0.495 e. The quantitative estimate of drug-likeness (QED) is 0.637. The summed E-state index contributed by atoms with van der Waals surface area (Å²) in [5.41, 5.74) is 1.29. The van der Waals surface area contributed by atoms with E-state index in [1.54, 1.807) is 30.3 Å². The smallest absolute Gasteiger partial charge is 0.255 e. The standard InChI is InChI=1S/C26H34N4O5S/c1-28-15-17-29(18-16-28)26(32)20-7-10-22(11-8-20)27-25(31)21-9-12-23(35-2)24(19-21)36(33,34)30-13-5-3-4-6-14-30/h7-12,19H,3-6,13-18H2,1-2H3,(H,27,31). The third kappa shape index (κ3) is 5.88. The molecule has 2 aliphatic rings. The minimum atomic E-state index is -3.80. The molecule has 0 bridgehead atoms. The summed E-state index contributed by atoms with van der Waals surface area (Å²) in [7, 11) is -0.348. The van der Waals surface area contributed by atoms with Crippen molar-refractivity contribution in [3.63, 3.8) is 0 Å². The van der Waals surface area contributed by atoms with E-state index in [4.69, 9.17) is 4.74 Å². The largest absolute Gasteiger partial charge is 0.495 e. The van der Waals surface area contributed by atoms with E-state index >= 15 is 0 Å². The molecule has 9 nitrogen and oxygen atoms in total. The topological polar surface area (TPSA) is 99.3 Å². The predicted molar refractivity (Wildman–Crippen MR) is 138 cm³/mol. The number of nitrogens with zero attached hydrogens (tertiary/aromatic N) is 3. The Hall–Kier alpha value is -2.95.